The van der Waals surface area contributed by atoms with Crippen LogP contribution in [0, 0.1) is 0 Å². The Balaban J connectivity index is 2.49. The maximum atomic E-state index is 10.7. The number of nitrogens with one attached hydrogen (secondary N) is 1. The third kappa shape index (κ3) is 5.08. The predicted octanol–water partition coefficient (Wildman–Crippen LogP) is -1.01. The van der Waals surface area contributed by atoms with Crippen molar-refractivity contribution in [1.82, 2.24) is 5.43 Å². The van der Waals surface area contributed by atoms with E-state index in [2.05, 4.69) is 10.5 Å². The number of carbonyl (C=O) groups excluding carboxylic acids is 2. The number of nitrogens with zero attached hydrogens (tertiary/aromatic N) is 1. The summed E-state index contributed by atoms with van der Waals surface area (Å²) < 4.78 is 5.06. The number of carbonyl (C=O) groups is 2. The Hall–Kier alpha value is -2.41. The number of aliphatic hydroxyl groups is 1. The van der Waals surface area contributed by atoms with E-state index in [0.717, 1.165) is 5.56 Å². The zero-order valence-electron chi connectivity index (χ0n) is 9.50. The van der Waals surface area contributed by atoms with Crippen molar-refractivity contribution < 1.29 is 19.4 Å². The Morgan fingerprint density at radius 1 is 1.39 bits per heavy atom. The number of aliphatic hydroxyl groups excluding tert-OH is 1. The number of ether oxygens (including phenoxy) is 1. The van der Waals surface area contributed by atoms with Crippen LogP contribution in [0.25, 0.3) is 0 Å². The minimum atomic E-state index is -0.614. The van der Waals surface area contributed by atoms with Gasteiger partial charge in [-0.25, -0.2) is 5.43 Å². The van der Waals surface area contributed by atoms with E-state index in [-0.39, 0.29) is 6.61 Å². The average molecular weight is 251 g/mol. The second-order valence-corrected chi connectivity index (χ2v) is 3.28. The van der Waals surface area contributed by atoms with Gasteiger partial charge in [-0.2, -0.15) is 5.10 Å². The van der Waals surface area contributed by atoms with Gasteiger partial charge in [0.1, 0.15) is 12.4 Å². The van der Waals surface area contributed by atoms with Crippen LogP contribution in [-0.4, -0.2) is 36.3 Å². The molecule has 1 aromatic rings. The Morgan fingerprint density at radius 3 is 2.61 bits per heavy atom. The van der Waals surface area contributed by atoms with E-state index in [1.165, 1.54) is 6.21 Å². The van der Waals surface area contributed by atoms with Gasteiger partial charge in [0, 0.05) is 0 Å². The van der Waals surface area contributed by atoms with Gasteiger partial charge >= 0.3 is 0 Å². The molecule has 0 unspecified atom stereocenters. The second kappa shape index (κ2) is 7.02. The lowest BCUT2D eigenvalue weighted by molar-refractivity contribution is -0.123. The van der Waals surface area contributed by atoms with Crippen LogP contribution in [0.5, 0.6) is 5.75 Å². The van der Waals surface area contributed by atoms with Gasteiger partial charge in [0.05, 0.1) is 6.21 Å². The summed E-state index contributed by atoms with van der Waals surface area (Å²) in [6.07, 6.45) is 1.41. The van der Waals surface area contributed by atoms with E-state index < -0.39 is 18.4 Å². The van der Waals surface area contributed by atoms with Crippen molar-refractivity contribution in [2.75, 3.05) is 13.2 Å². The average Bonchev–Trinajstić information content (AvgIpc) is 2.37. The number of benzene rings is 1. The van der Waals surface area contributed by atoms with Gasteiger partial charge in [-0.05, 0) is 29.8 Å². The molecular weight excluding hydrogens is 238 g/mol. The van der Waals surface area contributed by atoms with E-state index in [1.807, 2.05) is 0 Å². The van der Waals surface area contributed by atoms with Gasteiger partial charge in [0.2, 0.25) is 0 Å². The molecule has 0 aromatic heterocycles. The molecule has 0 spiro atoms. The standard InChI is InChI=1S/C11H13N3O4/c12-10(16)7-18-9-3-1-8(2-4-9)5-13-14-11(17)6-15/h1-5,15H,6-7H2,(H2,12,16)(H,14,17). The van der Waals surface area contributed by atoms with Gasteiger partial charge in [-0.15, -0.1) is 0 Å². The number of rotatable bonds is 6. The molecule has 0 radical (unpaired) electrons. The molecule has 0 aliphatic heterocycles. The van der Waals surface area contributed by atoms with E-state index in [0.29, 0.717) is 5.75 Å². The molecule has 0 aliphatic rings. The van der Waals surface area contributed by atoms with Gasteiger partial charge in [0.15, 0.2) is 6.61 Å². The van der Waals surface area contributed by atoms with Gasteiger partial charge in [-0.1, -0.05) is 0 Å². The molecule has 0 saturated carbocycles. The first-order chi connectivity index (χ1) is 8.61. The number of amides is 2. The molecule has 7 heteroatoms. The fourth-order valence-electron chi connectivity index (χ4n) is 1.02. The minimum Gasteiger partial charge on any atom is -0.484 e. The molecule has 1 aromatic carbocycles. The van der Waals surface area contributed by atoms with Crippen molar-refractivity contribution in [2.24, 2.45) is 10.8 Å². The predicted molar refractivity (Wildman–Crippen MR) is 64.0 cm³/mol. The zero-order valence-corrected chi connectivity index (χ0v) is 9.50. The van der Waals surface area contributed by atoms with Crippen LogP contribution in [0.2, 0.25) is 0 Å². The van der Waals surface area contributed by atoms with Crippen LogP contribution in [0.4, 0.5) is 0 Å². The molecule has 0 bridgehead atoms. The van der Waals surface area contributed by atoms with Gasteiger partial charge < -0.3 is 15.6 Å². The molecule has 0 atom stereocenters. The monoisotopic (exact) mass is 251 g/mol. The SMILES string of the molecule is NC(=O)COc1ccc(C=NNC(=O)CO)cc1. The number of hydrazone groups is 1. The first-order valence-corrected chi connectivity index (χ1v) is 5.05. The first kappa shape index (κ1) is 13.7. The molecule has 1 rings (SSSR count). The van der Waals surface area contributed by atoms with Crippen LogP contribution < -0.4 is 15.9 Å². The first-order valence-electron chi connectivity index (χ1n) is 5.05. The summed E-state index contributed by atoms with van der Waals surface area (Å²) in [5, 5.41) is 12.0. The molecule has 0 heterocycles. The summed E-state index contributed by atoms with van der Waals surface area (Å²) in [5.74, 6) is -0.634. The van der Waals surface area contributed by atoms with Crippen molar-refractivity contribution in [1.29, 1.82) is 0 Å². The molecule has 0 aliphatic carbocycles. The van der Waals surface area contributed by atoms with Crippen molar-refractivity contribution in [3.05, 3.63) is 29.8 Å². The highest BCUT2D eigenvalue weighted by Gasteiger charge is 1.97. The van der Waals surface area contributed by atoms with E-state index in [4.69, 9.17) is 15.6 Å². The fourth-order valence-corrected chi connectivity index (χ4v) is 1.02. The largest absolute Gasteiger partial charge is 0.484 e. The van der Waals surface area contributed by atoms with E-state index >= 15 is 0 Å². The Bertz CT molecular complexity index is 442. The van der Waals surface area contributed by atoms with E-state index in [9.17, 15) is 9.59 Å². The van der Waals surface area contributed by atoms with Crippen LogP contribution >= 0.6 is 0 Å². The Morgan fingerprint density at radius 2 is 2.06 bits per heavy atom. The number of hydrogen-bond donors (Lipinski definition) is 3. The smallest absolute Gasteiger partial charge is 0.265 e. The fraction of sp³-hybridized carbons (Fsp3) is 0.182. The molecule has 4 N–H and O–H groups in total. The molecule has 2 amide bonds. The Kier molecular flexibility index (Phi) is 5.33. The maximum absolute atomic E-state index is 10.7. The maximum Gasteiger partial charge on any atom is 0.265 e. The lowest BCUT2D eigenvalue weighted by Gasteiger charge is -2.03. The summed E-state index contributed by atoms with van der Waals surface area (Å²) in [5.41, 5.74) is 7.78. The minimum absolute atomic E-state index is 0.181. The third-order valence-corrected chi connectivity index (χ3v) is 1.81. The number of nitrogens with two attached hydrogens (primary N) is 1. The van der Waals surface area contributed by atoms with Crippen LogP contribution in [-0.2, 0) is 9.59 Å². The molecular formula is C11H13N3O4. The quantitative estimate of drug-likeness (QED) is 0.444. The van der Waals surface area contributed by atoms with Crippen LogP contribution in [0.15, 0.2) is 29.4 Å². The second-order valence-electron chi connectivity index (χ2n) is 3.28. The molecule has 96 valence electrons. The van der Waals surface area contributed by atoms with Crippen LogP contribution in [0.3, 0.4) is 0 Å². The van der Waals surface area contributed by atoms with Crippen molar-refractivity contribution in [3.63, 3.8) is 0 Å². The van der Waals surface area contributed by atoms with Crippen molar-refractivity contribution >= 4 is 18.0 Å². The molecule has 0 saturated heterocycles. The topological polar surface area (TPSA) is 114 Å². The normalized spacial score (nSPS) is 10.3. The number of hydrogen-bond acceptors (Lipinski definition) is 5. The summed E-state index contributed by atoms with van der Waals surface area (Å²) in [6, 6.07) is 6.65. The molecule has 18 heavy (non-hydrogen) atoms. The van der Waals surface area contributed by atoms with E-state index in [1.54, 1.807) is 24.3 Å². The highest BCUT2D eigenvalue weighted by atomic mass is 16.5. The van der Waals surface area contributed by atoms with Gasteiger partial charge in [-0.3, -0.25) is 9.59 Å². The van der Waals surface area contributed by atoms with Gasteiger partial charge in [0.25, 0.3) is 11.8 Å². The zero-order chi connectivity index (χ0) is 13.4. The molecule has 7 nitrogen and oxygen atoms in total. The summed E-state index contributed by atoms with van der Waals surface area (Å²) >= 11 is 0. The summed E-state index contributed by atoms with van der Waals surface area (Å²) in [4.78, 5) is 21.2. The summed E-state index contributed by atoms with van der Waals surface area (Å²) in [7, 11) is 0. The number of primary amides is 1. The van der Waals surface area contributed by atoms with Crippen molar-refractivity contribution in [3.8, 4) is 5.75 Å². The van der Waals surface area contributed by atoms with Crippen LogP contribution in [0.1, 0.15) is 5.56 Å². The third-order valence-electron chi connectivity index (χ3n) is 1.81. The van der Waals surface area contributed by atoms with Crippen molar-refractivity contribution in [2.45, 2.75) is 0 Å². The Labute approximate surface area is 103 Å². The summed E-state index contributed by atoms with van der Waals surface area (Å²) in [6.45, 7) is -0.794. The molecule has 0 fully saturated rings. The highest BCUT2D eigenvalue weighted by molar-refractivity contribution is 5.82. The highest BCUT2D eigenvalue weighted by Crippen LogP contribution is 2.10. The lowest BCUT2D eigenvalue weighted by Crippen LogP contribution is -2.20. The lowest BCUT2D eigenvalue weighted by atomic mass is 10.2.